The highest BCUT2D eigenvalue weighted by atomic mass is 79.9. The zero-order chi connectivity index (χ0) is 15.6. The van der Waals surface area contributed by atoms with E-state index >= 15 is 0 Å². The van der Waals surface area contributed by atoms with Gasteiger partial charge in [0.1, 0.15) is 4.90 Å². The summed E-state index contributed by atoms with van der Waals surface area (Å²) in [5.74, 6) is 1.09. The number of rotatable bonds is 5. The molecule has 1 aromatic heterocycles. The van der Waals surface area contributed by atoms with Gasteiger partial charge in [-0.05, 0) is 53.6 Å². The summed E-state index contributed by atoms with van der Waals surface area (Å²) >= 11 is 10.6. The molecule has 1 saturated carbocycles. The van der Waals surface area contributed by atoms with Crippen molar-refractivity contribution < 1.29 is 8.42 Å². The summed E-state index contributed by atoms with van der Waals surface area (Å²) in [5, 5.41) is 0. The fraction of sp³-hybridized carbons (Fsp3) is 0.714. The quantitative estimate of drug-likeness (QED) is 0.647. The highest BCUT2D eigenvalue weighted by Crippen LogP contribution is 2.36. The second kappa shape index (κ2) is 7.30. The first-order valence-electron chi connectivity index (χ1n) is 7.22. The Balaban J connectivity index is 2.17. The predicted octanol–water partition coefficient (Wildman–Crippen LogP) is 4.84. The van der Waals surface area contributed by atoms with Crippen LogP contribution in [0.2, 0.25) is 0 Å². The molecule has 21 heavy (non-hydrogen) atoms. The molecule has 7 heteroatoms. The summed E-state index contributed by atoms with van der Waals surface area (Å²) in [4.78, 5) is 1.22. The van der Waals surface area contributed by atoms with Crippen LogP contribution in [0, 0.1) is 5.92 Å². The van der Waals surface area contributed by atoms with Crippen molar-refractivity contribution in [2.24, 2.45) is 5.92 Å². The number of hydrogen-bond acceptors (Lipinski definition) is 3. The van der Waals surface area contributed by atoms with E-state index in [2.05, 4.69) is 22.9 Å². The Morgan fingerprint density at radius 1 is 1.38 bits per heavy atom. The van der Waals surface area contributed by atoms with Gasteiger partial charge in [-0.25, -0.2) is 8.42 Å². The number of halogens is 2. The fourth-order valence-electron chi connectivity index (χ4n) is 2.91. The molecule has 0 spiro atoms. The van der Waals surface area contributed by atoms with E-state index in [9.17, 15) is 8.42 Å². The zero-order valence-corrected chi connectivity index (χ0v) is 16.3. The Kier molecular flexibility index (Phi) is 6.16. The average molecular weight is 415 g/mol. The van der Waals surface area contributed by atoms with Crippen molar-refractivity contribution in [1.29, 1.82) is 0 Å². The summed E-state index contributed by atoms with van der Waals surface area (Å²) in [6.07, 6.45) is 5.35. The van der Waals surface area contributed by atoms with Crippen molar-refractivity contribution in [3.8, 4) is 0 Å². The van der Waals surface area contributed by atoms with Crippen LogP contribution in [0.4, 0.5) is 0 Å². The molecule has 1 aliphatic carbocycles. The SMILES string of the molecule is CCC1CCC(N(C)S(=O)(=O)c2cc(CCl)sc2Br)CC1. The highest BCUT2D eigenvalue weighted by Gasteiger charge is 2.33. The van der Waals surface area contributed by atoms with E-state index in [1.165, 1.54) is 17.8 Å². The minimum Gasteiger partial charge on any atom is -0.207 e. The summed E-state index contributed by atoms with van der Waals surface area (Å²) in [7, 11) is -1.74. The molecular formula is C14H21BrClNO2S2. The molecule has 1 aliphatic rings. The van der Waals surface area contributed by atoms with E-state index in [1.807, 2.05) is 0 Å². The van der Waals surface area contributed by atoms with Crippen molar-refractivity contribution in [1.82, 2.24) is 4.31 Å². The maximum atomic E-state index is 12.8. The van der Waals surface area contributed by atoms with Crippen molar-refractivity contribution in [3.63, 3.8) is 0 Å². The van der Waals surface area contributed by atoms with Gasteiger partial charge in [-0.2, -0.15) is 4.31 Å². The molecule has 1 aromatic rings. The second-order valence-electron chi connectivity index (χ2n) is 5.59. The van der Waals surface area contributed by atoms with Crippen LogP contribution in [0.1, 0.15) is 43.9 Å². The minimum atomic E-state index is -3.44. The van der Waals surface area contributed by atoms with Crippen LogP contribution in [-0.4, -0.2) is 25.8 Å². The molecule has 0 bridgehead atoms. The topological polar surface area (TPSA) is 37.4 Å². The minimum absolute atomic E-state index is 0.115. The molecule has 1 fully saturated rings. The third kappa shape index (κ3) is 3.83. The summed E-state index contributed by atoms with van der Waals surface area (Å²) in [6.45, 7) is 2.21. The Morgan fingerprint density at radius 3 is 2.48 bits per heavy atom. The Morgan fingerprint density at radius 2 is 2.00 bits per heavy atom. The summed E-state index contributed by atoms with van der Waals surface area (Å²) in [5.41, 5.74) is 0. The van der Waals surface area contributed by atoms with Gasteiger partial charge in [-0.15, -0.1) is 22.9 Å². The lowest BCUT2D eigenvalue weighted by Gasteiger charge is -2.33. The lowest BCUT2D eigenvalue weighted by atomic mass is 9.85. The molecule has 0 amide bonds. The third-order valence-corrected chi connectivity index (χ3v) is 9.01. The Bertz CT molecular complexity index is 580. The number of sulfonamides is 1. The summed E-state index contributed by atoms with van der Waals surface area (Å²) in [6, 6.07) is 1.80. The molecule has 0 aromatic carbocycles. The molecule has 2 rings (SSSR count). The number of thiophene rings is 1. The molecule has 0 atom stereocenters. The molecule has 0 N–H and O–H groups in total. The standard InChI is InChI=1S/C14H21BrClNO2S2/c1-3-10-4-6-11(7-5-10)17(2)21(18,19)13-8-12(9-16)20-14(13)15/h8,10-11H,3-7,9H2,1-2H3. The third-order valence-electron chi connectivity index (χ3n) is 4.40. The predicted molar refractivity (Wildman–Crippen MR) is 92.6 cm³/mol. The van der Waals surface area contributed by atoms with Gasteiger partial charge in [0.25, 0.3) is 0 Å². The van der Waals surface area contributed by atoms with Gasteiger partial charge in [-0.1, -0.05) is 13.3 Å². The van der Waals surface area contributed by atoms with E-state index in [-0.39, 0.29) is 6.04 Å². The smallest absolute Gasteiger partial charge is 0.207 e. The first-order chi connectivity index (χ1) is 9.90. The van der Waals surface area contributed by atoms with Crippen LogP contribution >= 0.6 is 38.9 Å². The molecule has 0 aliphatic heterocycles. The Hall–Kier alpha value is 0.380. The van der Waals surface area contributed by atoms with Gasteiger partial charge < -0.3 is 0 Å². The van der Waals surface area contributed by atoms with Crippen molar-refractivity contribution in [2.45, 2.75) is 55.8 Å². The Labute approximate surface area is 144 Å². The van der Waals surface area contributed by atoms with Crippen LogP contribution < -0.4 is 0 Å². The summed E-state index contributed by atoms with van der Waals surface area (Å²) < 4.78 is 27.8. The van der Waals surface area contributed by atoms with E-state index in [0.717, 1.165) is 36.5 Å². The number of alkyl halides is 1. The monoisotopic (exact) mass is 413 g/mol. The zero-order valence-electron chi connectivity index (χ0n) is 12.3. The van der Waals surface area contributed by atoms with Crippen molar-refractivity contribution >= 4 is 48.9 Å². The van der Waals surface area contributed by atoms with Crippen LogP contribution in [0.5, 0.6) is 0 Å². The normalized spacial score (nSPS) is 23.7. The lowest BCUT2D eigenvalue weighted by molar-refractivity contribution is 0.233. The van der Waals surface area contributed by atoms with Gasteiger partial charge in [0, 0.05) is 18.0 Å². The van der Waals surface area contributed by atoms with Crippen molar-refractivity contribution in [3.05, 3.63) is 14.7 Å². The highest BCUT2D eigenvalue weighted by molar-refractivity contribution is 9.11. The largest absolute Gasteiger partial charge is 0.245 e. The molecule has 3 nitrogen and oxygen atoms in total. The maximum Gasteiger partial charge on any atom is 0.245 e. The van der Waals surface area contributed by atoms with Crippen LogP contribution in [-0.2, 0) is 15.9 Å². The van der Waals surface area contributed by atoms with E-state index in [1.54, 1.807) is 17.4 Å². The molecular weight excluding hydrogens is 394 g/mol. The van der Waals surface area contributed by atoms with Crippen LogP contribution in [0.15, 0.2) is 14.7 Å². The lowest BCUT2D eigenvalue weighted by Crippen LogP contribution is -2.39. The van der Waals surface area contributed by atoms with Crippen molar-refractivity contribution in [2.75, 3.05) is 7.05 Å². The van der Waals surface area contributed by atoms with Crippen LogP contribution in [0.3, 0.4) is 0 Å². The van der Waals surface area contributed by atoms with Gasteiger partial charge >= 0.3 is 0 Å². The molecule has 0 saturated heterocycles. The molecule has 120 valence electrons. The van der Waals surface area contributed by atoms with Gasteiger partial charge in [0.15, 0.2) is 0 Å². The van der Waals surface area contributed by atoms with Gasteiger partial charge in [0.05, 0.1) is 9.67 Å². The number of hydrogen-bond donors (Lipinski definition) is 0. The van der Waals surface area contributed by atoms with Gasteiger partial charge in [-0.3, -0.25) is 0 Å². The second-order valence-corrected chi connectivity index (χ2v) is 10.3. The average Bonchev–Trinajstić information content (AvgIpc) is 2.88. The first-order valence-corrected chi connectivity index (χ1v) is 10.8. The first kappa shape index (κ1) is 17.7. The van der Waals surface area contributed by atoms with E-state index in [4.69, 9.17) is 11.6 Å². The van der Waals surface area contributed by atoms with E-state index < -0.39 is 10.0 Å². The maximum absolute atomic E-state index is 12.8. The molecule has 1 heterocycles. The number of nitrogens with zero attached hydrogens (tertiary/aromatic N) is 1. The molecule has 0 unspecified atom stereocenters. The molecule has 0 radical (unpaired) electrons. The fourth-order valence-corrected chi connectivity index (χ4v) is 7.04. The van der Waals surface area contributed by atoms with Gasteiger partial charge in [0.2, 0.25) is 10.0 Å². The van der Waals surface area contributed by atoms with E-state index in [0.29, 0.717) is 14.6 Å². The van der Waals surface area contributed by atoms with Crippen LogP contribution in [0.25, 0.3) is 0 Å².